The van der Waals surface area contributed by atoms with Crippen molar-refractivity contribution in [3.8, 4) is 0 Å². The van der Waals surface area contributed by atoms with Crippen molar-refractivity contribution >= 4 is 17.7 Å². The SMILES string of the molecule is CC(CC(=O)O)Cc1nc(CSc2ccccc2F)no1. The van der Waals surface area contributed by atoms with Gasteiger partial charge in [-0.1, -0.05) is 24.2 Å². The van der Waals surface area contributed by atoms with Crippen molar-refractivity contribution in [1.29, 1.82) is 0 Å². The summed E-state index contributed by atoms with van der Waals surface area (Å²) in [6.07, 6.45) is 0.478. The lowest BCUT2D eigenvalue weighted by Gasteiger charge is -2.03. The largest absolute Gasteiger partial charge is 0.481 e. The fourth-order valence-corrected chi connectivity index (χ4v) is 2.59. The molecule has 2 aromatic rings. The van der Waals surface area contributed by atoms with Crippen LogP contribution in [-0.2, 0) is 17.0 Å². The Labute approximate surface area is 125 Å². The van der Waals surface area contributed by atoms with Crippen LogP contribution in [0.25, 0.3) is 0 Å². The number of carboxylic acids is 1. The highest BCUT2D eigenvalue weighted by Crippen LogP contribution is 2.24. The summed E-state index contributed by atoms with van der Waals surface area (Å²) in [5.74, 6) is 0.0833. The third-order valence-electron chi connectivity index (χ3n) is 2.75. The lowest BCUT2D eigenvalue weighted by atomic mass is 10.0. The van der Waals surface area contributed by atoms with Gasteiger partial charge in [0.2, 0.25) is 5.89 Å². The molecule has 0 saturated carbocycles. The molecule has 0 radical (unpaired) electrons. The number of aromatic nitrogens is 2. The maximum atomic E-state index is 13.5. The minimum atomic E-state index is -0.850. The molecular formula is C14H15FN2O3S. The quantitative estimate of drug-likeness (QED) is 0.792. The number of benzene rings is 1. The van der Waals surface area contributed by atoms with Crippen molar-refractivity contribution in [3.63, 3.8) is 0 Å². The zero-order valence-corrected chi connectivity index (χ0v) is 12.3. The van der Waals surface area contributed by atoms with E-state index >= 15 is 0 Å². The number of hydrogen-bond donors (Lipinski definition) is 1. The molecule has 1 N–H and O–H groups in total. The first-order valence-corrected chi connectivity index (χ1v) is 7.43. The van der Waals surface area contributed by atoms with Crippen LogP contribution in [0.1, 0.15) is 25.1 Å². The summed E-state index contributed by atoms with van der Waals surface area (Å²) in [7, 11) is 0. The molecule has 0 aliphatic rings. The summed E-state index contributed by atoms with van der Waals surface area (Å²) >= 11 is 1.29. The Hall–Kier alpha value is -1.89. The molecule has 7 heteroatoms. The Morgan fingerprint density at radius 1 is 1.48 bits per heavy atom. The maximum Gasteiger partial charge on any atom is 0.303 e. The zero-order valence-electron chi connectivity index (χ0n) is 11.5. The molecule has 0 aliphatic heterocycles. The Morgan fingerprint density at radius 3 is 2.95 bits per heavy atom. The molecule has 1 aromatic carbocycles. The highest BCUT2D eigenvalue weighted by Gasteiger charge is 2.14. The third kappa shape index (κ3) is 4.86. The third-order valence-corrected chi connectivity index (χ3v) is 3.79. The number of hydrogen-bond acceptors (Lipinski definition) is 5. The van der Waals surface area contributed by atoms with E-state index in [0.717, 1.165) is 0 Å². The molecule has 0 bridgehead atoms. The Morgan fingerprint density at radius 2 is 2.24 bits per heavy atom. The van der Waals surface area contributed by atoms with E-state index in [0.29, 0.717) is 28.8 Å². The number of rotatable bonds is 7. The van der Waals surface area contributed by atoms with Crippen molar-refractivity contribution in [2.75, 3.05) is 0 Å². The molecule has 0 aliphatic carbocycles. The van der Waals surface area contributed by atoms with Crippen LogP contribution in [0.15, 0.2) is 33.7 Å². The molecule has 1 heterocycles. The van der Waals surface area contributed by atoms with Gasteiger partial charge in [-0.2, -0.15) is 4.98 Å². The van der Waals surface area contributed by atoms with E-state index < -0.39 is 5.97 Å². The van der Waals surface area contributed by atoms with Crippen LogP contribution in [0.5, 0.6) is 0 Å². The molecule has 21 heavy (non-hydrogen) atoms. The van der Waals surface area contributed by atoms with E-state index in [4.69, 9.17) is 9.63 Å². The summed E-state index contributed by atoms with van der Waals surface area (Å²) in [5, 5.41) is 12.5. The maximum absolute atomic E-state index is 13.5. The molecule has 0 spiro atoms. The smallest absolute Gasteiger partial charge is 0.303 e. The summed E-state index contributed by atoms with van der Waals surface area (Å²) < 4.78 is 18.5. The summed E-state index contributed by atoms with van der Waals surface area (Å²) in [4.78, 5) is 15.3. The van der Waals surface area contributed by atoms with Crippen LogP contribution in [0.4, 0.5) is 4.39 Å². The Bertz CT molecular complexity index is 618. The van der Waals surface area contributed by atoms with Crippen molar-refractivity contribution < 1.29 is 18.8 Å². The van der Waals surface area contributed by atoms with Gasteiger partial charge in [0, 0.05) is 17.7 Å². The van der Waals surface area contributed by atoms with Gasteiger partial charge in [0.15, 0.2) is 5.82 Å². The van der Waals surface area contributed by atoms with Crippen LogP contribution < -0.4 is 0 Å². The molecular weight excluding hydrogens is 295 g/mol. The van der Waals surface area contributed by atoms with Crippen LogP contribution >= 0.6 is 11.8 Å². The van der Waals surface area contributed by atoms with Crippen molar-refractivity contribution in [2.24, 2.45) is 5.92 Å². The number of aliphatic carboxylic acids is 1. The molecule has 1 unspecified atom stereocenters. The molecule has 112 valence electrons. The van der Waals surface area contributed by atoms with Gasteiger partial charge in [0.25, 0.3) is 0 Å². The lowest BCUT2D eigenvalue weighted by Crippen LogP contribution is -2.07. The normalized spacial score (nSPS) is 12.3. The predicted molar refractivity (Wildman–Crippen MR) is 75.4 cm³/mol. The van der Waals surface area contributed by atoms with Crippen LogP contribution in [0.3, 0.4) is 0 Å². The average molecular weight is 310 g/mol. The van der Waals surface area contributed by atoms with Gasteiger partial charge >= 0.3 is 5.97 Å². The van der Waals surface area contributed by atoms with Crippen molar-refractivity contribution in [2.45, 2.75) is 30.4 Å². The first-order valence-electron chi connectivity index (χ1n) is 6.45. The number of carbonyl (C=O) groups is 1. The Balaban J connectivity index is 1.88. The number of halogens is 1. The molecule has 0 saturated heterocycles. The van der Waals surface area contributed by atoms with Gasteiger partial charge in [-0.3, -0.25) is 4.79 Å². The lowest BCUT2D eigenvalue weighted by molar-refractivity contribution is -0.137. The van der Waals surface area contributed by atoms with E-state index in [1.54, 1.807) is 18.2 Å². The topological polar surface area (TPSA) is 76.2 Å². The average Bonchev–Trinajstić information content (AvgIpc) is 2.84. The first kappa shape index (κ1) is 15.5. The zero-order chi connectivity index (χ0) is 15.2. The summed E-state index contributed by atoms with van der Waals surface area (Å²) in [6, 6.07) is 6.49. The standard InChI is InChI=1S/C14H15FN2O3S/c1-9(7-14(18)19)6-13-16-12(17-20-13)8-21-11-5-3-2-4-10(11)15/h2-5,9H,6-8H2,1H3,(H,18,19). The molecule has 1 atom stereocenters. The molecule has 0 fully saturated rings. The van der Waals surface area contributed by atoms with Gasteiger partial charge in [-0.15, -0.1) is 11.8 Å². The minimum absolute atomic E-state index is 0.0572. The van der Waals surface area contributed by atoms with Crippen molar-refractivity contribution in [3.05, 3.63) is 41.8 Å². The first-order chi connectivity index (χ1) is 10.0. The summed E-state index contributed by atoms with van der Waals surface area (Å²) in [6.45, 7) is 1.81. The van der Waals surface area contributed by atoms with Crippen LogP contribution in [0, 0.1) is 11.7 Å². The van der Waals surface area contributed by atoms with Gasteiger partial charge in [-0.25, -0.2) is 4.39 Å². The van der Waals surface area contributed by atoms with Gasteiger partial charge < -0.3 is 9.63 Å². The fraction of sp³-hybridized carbons (Fsp3) is 0.357. The van der Waals surface area contributed by atoms with Gasteiger partial charge in [-0.05, 0) is 18.1 Å². The molecule has 0 amide bonds. The molecule has 2 rings (SSSR count). The second-order valence-corrected chi connectivity index (χ2v) is 5.75. The molecule has 5 nitrogen and oxygen atoms in total. The summed E-state index contributed by atoms with van der Waals surface area (Å²) in [5.41, 5.74) is 0. The monoisotopic (exact) mass is 310 g/mol. The molecule has 1 aromatic heterocycles. The second-order valence-electron chi connectivity index (χ2n) is 4.73. The minimum Gasteiger partial charge on any atom is -0.481 e. The number of carboxylic acid groups (broad SMARTS) is 1. The number of nitrogens with zero attached hydrogens (tertiary/aromatic N) is 2. The van der Waals surface area contributed by atoms with Gasteiger partial charge in [0.05, 0.1) is 5.75 Å². The predicted octanol–water partition coefficient (Wildman–Crippen LogP) is 3.15. The highest BCUT2D eigenvalue weighted by atomic mass is 32.2. The van der Waals surface area contributed by atoms with Crippen LogP contribution in [0.2, 0.25) is 0 Å². The van der Waals surface area contributed by atoms with Gasteiger partial charge in [0.1, 0.15) is 5.82 Å². The van der Waals surface area contributed by atoms with Crippen LogP contribution in [-0.4, -0.2) is 21.2 Å². The van der Waals surface area contributed by atoms with E-state index in [-0.39, 0.29) is 18.2 Å². The van der Waals surface area contributed by atoms with E-state index in [1.165, 1.54) is 17.8 Å². The number of thioether (sulfide) groups is 1. The highest BCUT2D eigenvalue weighted by molar-refractivity contribution is 7.98. The van der Waals surface area contributed by atoms with E-state index in [2.05, 4.69) is 10.1 Å². The Kier molecular flexibility index (Phi) is 5.32. The van der Waals surface area contributed by atoms with E-state index in [1.807, 2.05) is 6.92 Å². The van der Waals surface area contributed by atoms with E-state index in [9.17, 15) is 9.18 Å². The van der Waals surface area contributed by atoms with Crippen molar-refractivity contribution in [1.82, 2.24) is 10.1 Å². The fourth-order valence-electron chi connectivity index (χ4n) is 1.80. The second kappa shape index (κ2) is 7.21.